The van der Waals surface area contributed by atoms with E-state index in [9.17, 15) is 5.11 Å². The van der Waals surface area contributed by atoms with Crippen molar-refractivity contribution in [3.05, 3.63) is 65.2 Å². The molecule has 2 aromatic rings. The van der Waals surface area contributed by atoms with Crippen molar-refractivity contribution in [3.63, 3.8) is 0 Å². The van der Waals surface area contributed by atoms with Crippen LogP contribution in [0.1, 0.15) is 67.6 Å². The Labute approximate surface area is 127 Å². The standard InChI is InChI=1S/C20H24O/c1-15(16-8-4-2-5-9-16)19-14-18(12-13-20(19)21)17-10-6-3-7-11-17/h2,4-5,8-9,12-15,17,21H,3,6-7,10-11H2,1H3. The number of benzene rings is 2. The summed E-state index contributed by atoms with van der Waals surface area (Å²) in [4.78, 5) is 0. The first kappa shape index (κ1) is 14.2. The SMILES string of the molecule is CC(c1ccccc1)c1cc(C2CCCCC2)ccc1O. The first-order valence-corrected chi connectivity index (χ1v) is 8.13. The van der Waals surface area contributed by atoms with Gasteiger partial charge in [0.2, 0.25) is 0 Å². The van der Waals surface area contributed by atoms with E-state index in [4.69, 9.17) is 0 Å². The van der Waals surface area contributed by atoms with Gasteiger partial charge in [0, 0.05) is 11.5 Å². The molecule has 0 bridgehead atoms. The molecule has 110 valence electrons. The molecule has 3 rings (SSSR count). The molecule has 1 aliphatic rings. The summed E-state index contributed by atoms with van der Waals surface area (Å²) in [5.74, 6) is 1.33. The fourth-order valence-electron chi connectivity index (χ4n) is 3.53. The number of phenolic OH excluding ortho intramolecular Hbond substituents is 1. The lowest BCUT2D eigenvalue weighted by Gasteiger charge is -2.24. The monoisotopic (exact) mass is 280 g/mol. The topological polar surface area (TPSA) is 20.2 Å². The summed E-state index contributed by atoms with van der Waals surface area (Å²) in [6.07, 6.45) is 6.65. The van der Waals surface area contributed by atoms with E-state index in [0.717, 1.165) is 5.56 Å². The molecule has 1 nitrogen and oxygen atoms in total. The maximum absolute atomic E-state index is 10.3. The molecule has 1 atom stereocenters. The molecule has 1 heteroatoms. The minimum atomic E-state index is 0.231. The van der Waals surface area contributed by atoms with Gasteiger partial charge in [-0.3, -0.25) is 0 Å². The van der Waals surface area contributed by atoms with Crippen LogP contribution in [0.15, 0.2) is 48.5 Å². The first-order chi connectivity index (χ1) is 10.3. The molecule has 0 saturated heterocycles. The van der Waals surface area contributed by atoms with Crippen LogP contribution >= 0.6 is 0 Å². The lowest BCUT2D eigenvalue weighted by Crippen LogP contribution is -2.06. The van der Waals surface area contributed by atoms with Gasteiger partial charge in [0.1, 0.15) is 5.75 Å². The van der Waals surface area contributed by atoms with Crippen molar-refractivity contribution in [1.82, 2.24) is 0 Å². The smallest absolute Gasteiger partial charge is 0.119 e. The quantitative estimate of drug-likeness (QED) is 0.776. The van der Waals surface area contributed by atoms with E-state index in [0.29, 0.717) is 11.7 Å². The summed E-state index contributed by atoms with van der Waals surface area (Å²) in [5.41, 5.74) is 3.73. The second-order valence-electron chi connectivity index (χ2n) is 6.29. The van der Waals surface area contributed by atoms with Crippen LogP contribution in [0.4, 0.5) is 0 Å². The molecule has 1 fully saturated rings. The fourth-order valence-corrected chi connectivity index (χ4v) is 3.53. The predicted octanol–water partition coefficient (Wildman–Crippen LogP) is 5.59. The van der Waals surface area contributed by atoms with Gasteiger partial charge in [0.15, 0.2) is 0 Å². The molecule has 1 N–H and O–H groups in total. The normalized spacial score (nSPS) is 17.6. The van der Waals surface area contributed by atoms with E-state index < -0.39 is 0 Å². The maximum Gasteiger partial charge on any atom is 0.119 e. The molecule has 0 heterocycles. The van der Waals surface area contributed by atoms with Crippen molar-refractivity contribution in [2.45, 2.75) is 50.9 Å². The van der Waals surface area contributed by atoms with Crippen LogP contribution in [0.2, 0.25) is 0 Å². The third-order valence-electron chi connectivity index (χ3n) is 4.89. The number of phenols is 1. The van der Waals surface area contributed by atoms with Crippen LogP contribution < -0.4 is 0 Å². The Bertz CT molecular complexity index is 582. The number of aromatic hydroxyl groups is 1. The number of hydrogen-bond acceptors (Lipinski definition) is 1. The van der Waals surface area contributed by atoms with Gasteiger partial charge in [-0.1, -0.05) is 68.7 Å². The number of rotatable bonds is 3. The molecular formula is C20H24O. The Balaban J connectivity index is 1.90. The summed E-state index contributed by atoms with van der Waals surface area (Å²) in [6.45, 7) is 2.18. The molecule has 0 spiro atoms. The first-order valence-electron chi connectivity index (χ1n) is 8.13. The van der Waals surface area contributed by atoms with Gasteiger partial charge in [-0.05, 0) is 36.0 Å². The third-order valence-corrected chi connectivity index (χ3v) is 4.89. The minimum Gasteiger partial charge on any atom is -0.508 e. The molecular weight excluding hydrogens is 256 g/mol. The average Bonchev–Trinajstić information content (AvgIpc) is 2.56. The highest BCUT2D eigenvalue weighted by molar-refractivity contribution is 5.44. The van der Waals surface area contributed by atoms with Gasteiger partial charge in [0.05, 0.1) is 0 Å². The molecule has 21 heavy (non-hydrogen) atoms. The highest BCUT2D eigenvalue weighted by Gasteiger charge is 2.19. The van der Waals surface area contributed by atoms with Crippen LogP contribution in [-0.2, 0) is 0 Å². The van der Waals surface area contributed by atoms with E-state index in [1.807, 2.05) is 12.1 Å². The summed E-state index contributed by atoms with van der Waals surface area (Å²) < 4.78 is 0. The predicted molar refractivity (Wildman–Crippen MR) is 87.9 cm³/mol. The van der Waals surface area contributed by atoms with Crippen LogP contribution in [0.25, 0.3) is 0 Å². The summed E-state index contributed by atoms with van der Waals surface area (Å²) in [7, 11) is 0. The van der Waals surface area contributed by atoms with E-state index in [1.165, 1.54) is 43.2 Å². The van der Waals surface area contributed by atoms with Crippen molar-refractivity contribution >= 4 is 0 Å². The summed E-state index contributed by atoms with van der Waals surface area (Å²) in [6, 6.07) is 16.7. The van der Waals surface area contributed by atoms with Crippen molar-refractivity contribution in [1.29, 1.82) is 0 Å². The minimum absolute atomic E-state index is 0.231. The lowest BCUT2D eigenvalue weighted by molar-refractivity contribution is 0.440. The lowest BCUT2D eigenvalue weighted by atomic mass is 9.82. The van der Waals surface area contributed by atoms with Gasteiger partial charge < -0.3 is 5.11 Å². The Morgan fingerprint density at radius 1 is 0.952 bits per heavy atom. The van der Waals surface area contributed by atoms with E-state index in [1.54, 1.807) is 0 Å². The van der Waals surface area contributed by atoms with Crippen LogP contribution in [-0.4, -0.2) is 5.11 Å². The molecule has 2 aromatic carbocycles. The largest absolute Gasteiger partial charge is 0.508 e. The Hall–Kier alpha value is -1.76. The highest BCUT2D eigenvalue weighted by Crippen LogP contribution is 2.37. The second-order valence-corrected chi connectivity index (χ2v) is 6.29. The molecule has 1 saturated carbocycles. The van der Waals surface area contributed by atoms with Gasteiger partial charge >= 0.3 is 0 Å². The highest BCUT2D eigenvalue weighted by atomic mass is 16.3. The Morgan fingerprint density at radius 3 is 2.38 bits per heavy atom. The van der Waals surface area contributed by atoms with Crippen LogP contribution in [0.5, 0.6) is 5.75 Å². The maximum atomic E-state index is 10.3. The molecule has 0 radical (unpaired) electrons. The van der Waals surface area contributed by atoms with Crippen LogP contribution in [0, 0.1) is 0 Å². The zero-order valence-corrected chi connectivity index (χ0v) is 12.8. The Morgan fingerprint density at radius 2 is 1.67 bits per heavy atom. The second kappa shape index (κ2) is 6.34. The zero-order valence-electron chi connectivity index (χ0n) is 12.8. The third kappa shape index (κ3) is 3.12. The fraction of sp³-hybridized carbons (Fsp3) is 0.400. The Kier molecular flexibility index (Phi) is 4.28. The molecule has 1 unspecified atom stereocenters. The van der Waals surface area contributed by atoms with Crippen molar-refractivity contribution in [3.8, 4) is 5.75 Å². The average molecular weight is 280 g/mol. The van der Waals surface area contributed by atoms with Gasteiger partial charge in [-0.25, -0.2) is 0 Å². The van der Waals surface area contributed by atoms with Crippen molar-refractivity contribution in [2.75, 3.05) is 0 Å². The summed E-state index contributed by atoms with van der Waals surface area (Å²) in [5, 5.41) is 10.3. The van der Waals surface area contributed by atoms with Crippen molar-refractivity contribution < 1.29 is 5.11 Å². The van der Waals surface area contributed by atoms with E-state index in [2.05, 4.69) is 43.3 Å². The van der Waals surface area contributed by atoms with E-state index >= 15 is 0 Å². The molecule has 0 amide bonds. The zero-order chi connectivity index (χ0) is 14.7. The van der Waals surface area contributed by atoms with Crippen molar-refractivity contribution in [2.24, 2.45) is 0 Å². The van der Waals surface area contributed by atoms with Gasteiger partial charge in [-0.15, -0.1) is 0 Å². The van der Waals surface area contributed by atoms with Gasteiger partial charge in [-0.2, -0.15) is 0 Å². The van der Waals surface area contributed by atoms with Crippen LogP contribution in [0.3, 0.4) is 0 Å². The number of hydrogen-bond donors (Lipinski definition) is 1. The molecule has 1 aliphatic carbocycles. The van der Waals surface area contributed by atoms with Gasteiger partial charge in [0.25, 0.3) is 0 Å². The molecule has 0 aromatic heterocycles. The summed E-state index contributed by atoms with van der Waals surface area (Å²) >= 11 is 0. The van der Waals surface area contributed by atoms with E-state index in [-0.39, 0.29) is 5.92 Å². The molecule has 0 aliphatic heterocycles.